The number of hydrogen-bond donors (Lipinski definition) is 2. The molecule has 5 heteroatoms. The fourth-order valence-corrected chi connectivity index (χ4v) is 1.74. The van der Waals surface area contributed by atoms with Gasteiger partial charge in [-0.2, -0.15) is 0 Å². The SMILES string of the molecule is NC/C(=C/F)COc1ccc(C(=O)Nc2ccccc2)cc1. The van der Waals surface area contributed by atoms with E-state index in [2.05, 4.69) is 5.32 Å². The van der Waals surface area contributed by atoms with Gasteiger partial charge in [-0.15, -0.1) is 0 Å². The summed E-state index contributed by atoms with van der Waals surface area (Å²) in [7, 11) is 0. The Kier molecular flexibility index (Phi) is 5.68. The normalized spacial score (nSPS) is 11.1. The lowest BCUT2D eigenvalue weighted by atomic mass is 10.2. The minimum Gasteiger partial charge on any atom is -0.489 e. The summed E-state index contributed by atoms with van der Waals surface area (Å²) >= 11 is 0. The Labute approximate surface area is 128 Å². The Morgan fingerprint density at radius 1 is 1.14 bits per heavy atom. The van der Waals surface area contributed by atoms with Crippen LogP contribution in [0.5, 0.6) is 5.75 Å². The molecule has 22 heavy (non-hydrogen) atoms. The van der Waals surface area contributed by atoms with Crippen LogP contribution in [0.4, 0.5) is 10.1 Å². The van der Waals surface area contributed by atoms with E-state index in [9.17, 15) is 9.18 Å². The molecule has 2 rings (SSSR count). The number of carbonyl (C=O) groups is 1. The molecule has 2 aromatic carbocycles. The number of halogens is 1. The Bertz CT molecular complexity index is 639. The van der Waals surface area contributed by atoms with Gasteiger partial charge in [0.05, 0.1) is 6.33 Å². The number of para-hydroxylation sites is 1. The second kappa shape index (κ2) is 7.95. The van der Waals surface area contributed by atoms with Crippen molar-refractivity contribution in [2.24, 2.45) is 5.73 Å². The first kappa shape index (κ1) is 15.7. The average Bonchev–Trinajstić information content (AvgIpc) is 2.57. The summed E-state index contributed by atoms with van der Waals surface area (Å²) in [6.07, 6.45) is 0.446. The highest BCUT2D eigenvalue weighted by Gasteiger charge is 2.06. The van der Waals surface area contributed by atoms with Crippen LogP contribution in [0.2, 0.25) is 0 Å². The molecule has 0 saturated heterocycles. The molecule has 0 bridgehead atoms. The van der Waals surface area contributed by atoms with Crippen molar-refractivity contribution < 1.29 is 13.9 Å². The van der Waals surface area contributed by atoms with Crippen molar-refractivity contribution in [3.63, 3.8) is 0 Å². The lowest BCUT2D eigenvalue weighted by molar-refractivity contribution is 0.102. The van der Waals surface area contributed by atoms with Crippen LogP contribution in [0.25, 0.3) is 0 Å². The van der Waals surface area contributed by atoms with Crippen LogP contribution in [0.1, 0.15) is 10.4 Å². The zero-order valence-electron chi connectivity index (χ0n) is 12.0. The van der Waals surface area contributed by atoms with Gasteiger partial charge in [-0.05, 0) is 36.4 Å². The highest BCUT2D eigenvalue weighted by atomic mass is 19.1. The molecule has 0 aromatic heterocycles. The van der Waals surface area contributed by atoms with E-state index < -0.39 is 0 Å². The highest BCUT2D eigenvalue weighted by molar-refractivity contribution is 6.04. The number of amides is 1. The fourth-order valence-electron chi connectivity index (χ4n) is 1.74. The predicted octanol–water partition coefficient (Wildman–Crippen LogP) is 3.13. The highest BCUT2D eigenvalue weighted by Crippen LogP contribution is 2.15. The van der Waals surface area contributed by atoms with Gasteiger partial charge in [-0.1, -0.05) is 18.2 Å². The van der Waals surface area contributed by atoms with Crippen molar-refractivity contribution in [3.05, 3.63) is 72.1 Å². The Morgan fingerprint density at radius 2 is 1.82 bits per heavy atom. The standard InChI is InChI=1S/C17H17FN2O2/c18-10-13(11-19)12-22-16-8-6-14(7-9-16)17(21)20-15-4-2-1-3-5-15/h1-10H,11-12,19H2,(H,20,21)/b13-10-. The van der Waals surface area contributed by atoms with Crippen LogP contribution >= 0.6 is 0 Å². The molecule has 114 valence electrons. The van der Waals surface area contributed by atoms with Gasteiger partial charge in [0, 0.05) is 23.4 Å². The van der Waals surface area contributed by atoms with E-state index in [0.717, 1.165) is 5.69 Å². The molecule has 0 aliphatic carbocycles. The molecule has 0 fully saturated rings. The van der Waals surface area contributed by atoms with Crippen molar-refractivity contribution in [3.8, 4) is 5.75 Å². The van der Waals surface area contributed by atoms with Gasteiger partial charge in [-0.3, -0.25) is 4.79 Å². The third-order valence-corrected chi connectivity index (χ3v) is 2.99. The number of benzene rings is 2. The number of hydrogen-bond acceptors (Lipinski definition) is 3. The van der Waals surface area contributed by atoms with Gasteiger partial charge in [0.25, 0.3) is 5.91 Å². The minimum absolute atomic E-state index is 0.0859. The molecule has 4 nitrogen and oxygen atoms in total. The molecule has 0 spiro atoms. The van der Waals surface area contributed by atoms with Crippen molar-refractivity contribution >= 4 is 11.6 Å². The van der Waals surface area contributed by atoms with Gasteiger partial charge in [-0.25, -0.2) is 4.39 Å². The number of nitrogens with one attached hydrogen (secondary N) is 1. The van der Waals surface area contributed by atoms with Crippen molar-refractivity contribution in [1.82, 2.24) is 0 Å². The lowest BCUT2D eigenvalue weighted by Crippen LogP contribution is -2.12. The summed E-state index contributed by atoms with van der Waals surface area (Å²) in [5.41, 5.74) is 6.95. The van der Waals surface area contributed by atoms with Gasteiger partial charge in [0.2, 0.25) is 0 Å². The maximum Gasteiger partial charge on any atom is 0.255 e. The van der Waals surface area contributed by atoms with Crippen LogP contribution in [0.15, 0.2) is 66.5 Å². The first-order valence-electron chi connectivity index (χ1n) is 6.80. The molecule has 0 atom stereocenters. The van der Waals surface area contributed by atoms with Crippen LogP contribution in [0, 0.1) is 0 Å². The molecular formula is C17H17FN2O2. The van der Waals surface area contributed by atoms with Crippen molar-refractivity contribution in [2.75, 3.05) is 18.5 Å². The van der Waals surface area contributed by atoms with E-state index in [1.807, 2.05) is 30.3 Å². The summed E-state index contributed by atoms with van der Waals surface area (Å²) in [5, 5.41) is 2.79. The van der Waals surface area contributed by atoms with E-state index in [1.165, 1.54) is 0 Å². The van der Waals surface area contributed by atoms with Gasteiger partial charge < -0.3 is 15.8 Å². The van der Waals surface area contributed by atoms with Crippen molar-refractivity contribution in [1.29, 1.82) is 0 Å². The van der Waals surface area contributed by atoms with E-state index in [4.69, 9.17) is 10.5 Å². The maximum atomic E-state index is 12.4. The molecule has 0 saturated carbocycles. The van der Waals surface area contributed by atoms with Crippen LogP contribution in [-0.4, -0.2) is 19.1 Å². The zero-order valence-corrected chi connectivity index (χ0v) is 12.0. The molecule has 0 heterocycles. The first-order chi connectivity index (χ1) is 10.7. The van der Waals surface area contributed by atoms with E-state index >= 15 is 0 Å². The molecular weight excluding hydrogens is 283 g/mol. The Balaban J connectivity index is 1.95. The van der Waals surface area contributed by atoms with E-state index in [-0.39, 0.29) is 19.1 Å². The monoisotopic (exact) mass is 300 g/mol. The maximum absolute atomic E-state index is 12.4. The molecule has 0 aliphatic heterocycles. The van der Waals surface area contributed by atoms with Gasteiger partial charge in [0.15, 0.2) is 0 Å². The minimum atomic E-state index is -0.205. The number of rotatable bonds is 6. The summed E-state index contributed by atoms with van der Waals surface area (Å²) in [6, 6.07) is 15.8. The molecule has 0 unspecified atom stereocenters. The largest absolute Gasteiger partial charge is 0.489 e. The van der Waals surface area contributed by atoms with Crippen LogP contribution < -0.4 is 15.8 Å². The lowest BCUT2D eigenvalue weighted by Gasteiger charge is -2.08. The quantitative estimate of drug-likeness (QED) is 0.861. The molecule has 3 N–H and O–H groups in total. The zero-order chi connectivity index (χ0) is 15.8. The summed E-state index contributed by atoms with van der Waals surface area (Å²) < 4.78 is 17.7. The van der Waals surface area contributed by atoms with Gasteiger partial charge >= 0.3 is 0 Å². The van der Waals surface area contributed by atoms with E-state index in [0.29, 0.717) is 23.2 Å². The summed E-state index contributed by atoms with van der Waals surface area (Å²) in [5.74, 6) is 0.341. The third-order valence-electron chi connectivity index (χ3n) is 2.99. The number of ether oxygens (including phenoxy) is 1. The third kappa shape index (κ3) is 4.43. The Morgan fingerprint density at radius 3 is 2.41 bits per heavy atom. The second-order valence-electron chi connectivity index (χ2n) is 4.60. The van der Waals surface area contributed by atoms with E-state index in [1.54, 1.807) is 24.3 Å². The Hall–Kier alpha value is -2.66. The molecule has 0 radical (unpaired) electrons. The molecule has 1 amide bonds. The summed E-state index contributed by atoms with van der Waals surface area (Å²) in [6.45, 7) is 0.191. The van der Waals surface area contributed by atoms with Gasteiger partial charge in [0.1, 0.15) is 12.4 Å². The van der Waals surface area contributed by atoms with Crippen LogP contribution in [0.3, 0.4) is 0 Å². The average molecular weight is 300 g/mol. The summed E-state index contributed by atoms with van der Waals surface area (Å²) in [4.78, 5) is 12.1. The number of nitrogens with two attached hydrogens (primary N) is 1. The predicted molar refractivity (Wildman–Crippen MR) is 84.6 cm³/mol. The number of carbonyl (C=O) groups excluding carboxylic acids is 1. The molecule has 2 aromatic rings. The smallest absolute Gasteiger partial charge is 0.255 e. The topological polar surface area (TPSA) is 64.3 Å². The second-order valence-corrected chi connectivity index (χ2v) is 4.60. The van der Waals surface area contributed by atoms with Crippen LogP contribution in [-0.2, 0) is 0 Å². The fraction of sp³-hybridized carbons (Fsp3) is 0.118. The first-order valence-corrected chi connectivity index (χ1v) is 6.80. The van der Waals surface area contributed by atoms with Crippen molar-refractivity contribution in [2.45, 2.75) is 0 Å². The number of anilines is 1. The molecule has 0 aliphatic rings.